The molecule has 3 aromatic rings. The number of aryl methyl sites for hydroxylation is 1. The molecule has 2 amide bonds. The third-order valence-corrected chi connectivity index (χ3v) is 5.34. The van der Waals surface area contributed by atoms with Gasteiger partial charge in [0.25, 0.3) is 11.5 Å². The second-order valence-electron chi connectivity index (χ2n) is 6.56. The van der Waals surface area contributed by atoms with Gasteiger partial charge < -0.3 is 9.30 Å². The van der Waals surface area contributed by atoms with E-state index < -0.39 is 11.8 Å². The quantitative estimate of drug-likeness (QED) is 0.469. The van der Waals surface area contributed by atoms with E-state index in [1.54, 1.807) is 61.3 Å². The Morgan fingerprint density at radius 3 is 2.69 bits per heavy atom. The van der Waals surface area contributed by atoms with Crippen molar-refractivity contribution in [2.45, 2.75) is 18.1 Å². The highest BCUT2D eigenvalue weighted by atomic mass is 32.2. The monoisotopic (exact) mass is 414 g/mol. The number of ether oxygens (including phenoxy) is 1. The fourth-order valence-corrected chi connectivity index (χ4v) is 3.88. The Bertz CT molecular complexity index is 1110. The summed E-state index contributed by atoms with van der Waals surface area (Å²) < 4.78 is 8.35. The van der Waals surface area contributed by atoms with Gasteiger partial charge in [-0.1, -0.05) is 23.9 Å². The molecule has 0 aliphatic heterocycles. The molecule has 0 unspecified atom stereocenters. The number of hydrogen-bond acceptors (Lipinski definition) is 6. The van der Waals surface area contributed by atoms with Crippen molar-refractivity contribution in [3.8, 4) is 0 Å². The molecule has 1 N–H and O–H groups in total. The molecule has 8 nitrogen and oxygen atoms in total. The Kier molecular flexibility index (Phi) is 6.50. The molecule has 2 aromatic heterocycles. The lowest BCUT2D eigenvalue weighted by atomic mass is 10.2. The van der Waals surface area contributed by atoms with Crippen molar-refractivity contribution in [3.05, 3.63) is 58.6 Å². The van der Waals surface area contributed by atoms with Crippen LogP contribution in [0.15, 0.2) is 52.5 Å². The van der Waals surface area contributed by atoms with Crippen LogP contribution in [0, 0.1) is 0 Å². The lowest BCUT2D eigenvalue weighted by Gasteiger charge is -2.18. The van der Waals surface area contributed by atoms with Gasteiger partial charge in [0.05, 0.1) is 29.3 Å². The molecule has 29 heavy (non-hydrogen) atoms. The molecule has 0 radical (unpaired) electrons. The van der Waals surface area contributed by atoms with Gasteiger partial charge in [-0.3, -0.25) is 24.3 Å². The van der Waals surface area contributed by atoms with E-state index in [1.165, 1.54) is 4.57 Å². The van der Waals surface area contributed by atoms with Crippen LogP contribution in [-0.4, -0.2) is 45.4 Å². The van der Waals surface area contributed by atoms with Crippen molar-refractivity contribution in [3.63, 3.8) is 0 Å². The molecule has 0 fully saturated rings. The maximum atomic E-state index is 13.0. The number of imide groups is 1. The van der Waals surface area contributed by atoms with Gasteiger partial charge in [-0.2, -0.15) is 0 Å². The first kappa shape index (κ1) is 20.8. The number of para-hydroxylation sites is 1. The van der Waals surface area contributed by atoms with Gasteiger partial charge in [0.15, 0.2) is 5.16 Å². The number of hydrogen-bond donors (Lipinski definition) is 1. The lowest BCUT2D eigenvalue weighted by Crippen LogP contribution is -2.33. The van der Waals surface area contributed by atoms with Crippen LogP contribution in [0.2, 0.25) is 0 Å². The van der Waals surface area contributed by atoms with Gasteiger partial charge in [0.1, 0.15) is 5.69 Å². The van der Waals surface area contributed by atoms with Crippen LogP contribution in [0.3, 0.4) is 0 Å². The summed E-state index contributed by atoms with van der Waals surface area (Å²) in [5, 5.41) is 3.27. The highest BCUT2D eigenvalue weighted by Gasteiger charge is 2.19. The number of aromatic nitrogens is 3. The van der Waals surface area contributed by atoms with Gasteiger partial charge in [-0.05, 0) is 31.2 Å². The summed E-state index contributed by atoms with van der Waals surface area (Å²) >= 11 is 1.11. The Labute approximate surface area is 171 Å². The van der Waals surface area contributed by atoms with Crippen LogP contribution in [-0.2, 0) is 16.6 Å². The highest BCUT2D eigenvalue weighted by Crippen LogP contribution is 2.21. The topological polar surface area (TPSA) is 95.2 Å². The molecular weight excluding hydrogens is 392 g/mol. The van der Waals surface area contributed by atoms with E-state index in [2.05, 4.69) is 10.3 Å². The molecule has 3 rings (SSSR count). The average molecular weight is 414 g/mol. The second-order valence-corrected chi connectivity index (χ2v) is 7.50. The largest absolute Gasteiger partial charge is 0.383 e. The Morgan fingerprint density at radius 1 is 1.24 bits per heavy atom. The number of carbonyl (C=O) groups is 2. The molecule has 0 aliphatic rings. The molecule has 0 bridgehead atoms. The standard InChI is InChI=1S/C20H22N4O4S/c1-13(11-28-3)24-19(27)14-7-4-5-8-15(14)21-20(24)29-12-17(25)22-18(26)16-9-6-10-23(16)2/h4-10,13H,11-12H2,1-3H3,(H,22,25,26)/t13-/m1/s1. The zero-order chi connectivity index (χ0) is 21.0. The second kappa shape index (κ2) is 9.06. The van der Waals surface area contributed by atoms with Crippen LogP contribution in [0.4, 0.5) is 0 Å². The molecule has 9 heteroatoms. The molecule has 152 valence electrons. The smallest absolute Gasteiger partial charge is 0.274 e. The number of fused-ring (bicyclic) bond motifs is 1. The first-order valence-corrected chi connectivity index (χ1v) is 9.99. The van der Waals surface area contributed by atoms with E-state index in [-0.39, 0.29) is 17.4 Å². The Balaban J connectivity index is 1.82. The van der Waals surface area contributed by atoms with E-state index in [9.17, 15) is 14.4 Å². The number of benzene rings is 1. The number of rotatable bonds is 7. The van der Waals surface area contributed by atoms with Gasteiger partial charge in [-0.25, -0.2) is 4.98 Å². The van der Waals surface area contributed by atoms with Crippen LogP contribution in [0.25, 0.3) is 10.9 Å². The van der Waals surface area contributed by atoms with Crippen LogP contribution in [0.5, 0.6) is 0 Å². The first-order valence-electron chi connectivity index (χ1n) is 9.01. The summed E-state index contributed by atoms with van der Waals surface area (Å²) in [6, 6.07) is 10.2. The normalized spacial score (nSPS) is 12.1. The molecule has 1 aromatic carbocycles. The number of carbonyl (C=O) groups excluding carboxylic acids is 2. The third-order valence-electron chi connectivity index (χ3n) is 4.39. The predicted molar refractivity (Wildman–Crippen MR) is 111 cm³/mol. The molecular formula is C20H22N4O4S. The first-order chi connectivity index (χ1) is 13.9. The maximum absolute atomic E-state index is 13.0. The van der Waals surface area contributed by atoms with E-state index in [4.69, 9.17) is 4.74 Å². The zero-order valence-corrected chi connectivity index (χ0v) is 17.2. The van der Waals surface area contributed by atoms with E-state index in [1.807, 2.05) is 6.92 Å². The van der Waals surface area contributed by atoms with Gasteiger partial charge in [0, 0.05) is 20.4 Å². The van der Waals surface area contributed by atoms with Crippen LogP contribution in [0.1, 0.15) is 23.5 Å². The third kappa shape index (κ3) is 4.57. The summed E-state index contributed by atoms with van der Waals surface area (Å²) in [6.07, 6.45) is 1.73. The van der Waals surface area contributed by atoms with Crippen molar-refractivity contribution < 1.29 is 14.3 Å². The minimum atomic E-state index is -0.472. The highest BCUT2D eigenvalue weighted by molar-refractivity contribution is 7.99. The fraction of sp³-hybridized carbons (Fsp3) is 0.300. The molecule has 0 saturated carbocycles. The average Bonchev–Trinajstić information content (AvgIpc) is 3.12. The lowest BCUT2D eigenvalue weighted by molar-refractivity contribution is -0.117. The van der Waals surface area contributed by atoms with Crippen molar-refractivity contribution in [1.82, 2.24) is 19.4 Å². The molecule has 0 spiro atoms. The summed E-state index contributed by atoms with van der Waals surface area (Å²) in [5.41, 5.74) is 0.752. The number of methoxy groups -OCH3 is 1. The molecule has 0 saturated heterocycles. The van der Waals surface area contributed by atoms with Crippen molar-refractivity contribution in [2.24, 2.45) is 7.05 Å². The van der Waals surface area contributed by atoms with Gasteiger partial charge >= 0.3 is 0 Å². The maximum Gasteiger partial charge on any atom is 0.274 e. The van der Waals surface area contributed by atoms with Crippen LogP contribution < -0.4 is 10.9 Å². The van der Waals surface area contributed by atoms with E-state index in [0.717, 1.165) is 11.8 Å². The van der Waals surface area contributed by atoms with Crippen molar-refractivity contribution in [1.29, 1.82) is 0 Å². The number of nitrogens with zero attached hydrogens (tertiary/aromatic N) is 3. The van der Waals surface area contributed by atoms with Crippen molar-refractivity contribution >= 4 is 34.5 Å². The Hall–Kier alpha value is -2.91. The summed E-state index contributed by atoms with van der Waals surface area (Å²) in [4.78, 5) is 42.0. The summed E-state index contributed by atoms with van der Waals surface area (Å²) in [7, 11) is 3.29. The minimum absolute atomic E-state index is 0.0549. The molecule has 1 atom stereocenters. The van der Waals surface area contributed by atoms with Crippen molar-refractivity contribution in [2.75, 3.05) is 19.5 Å². The summed E-state index contributed by atoms with van der Waals surface area (Å²) in [6.45, 7) is 2.18. The summed E-state index contributed by atoms with van der Waals surface area (Å²) in [5.74, 6) is -0.991. The SMILES string of the molecule is COC[C@@H](C)n1c(SCC(=O)NC(=O)c2cccn2C)nc2ccccc2c1=O. The van der Waals surface area contributed by atoms with E-state index in [0.29, 0.717) is 28.4 Å². The number of thioether (sulfide) groups is 1. The Morgan fingerprint density at radius 2 is 2.00 bits per heavy atom. The fourth-order valence-electron chi connectivity index (χ4n) is 2.99. The van der Waals surface area contributed by atoms with Crippen LogP contribution >= 0.6 is 11.8 Å². The minimum Gasteiger partial charge on any atom is -0.383 e. The number of nitrogens with one attached hydrogen (secondary N) is 1. The van der Waals surface area contributed by atoms with Gasteiger partial charge in [0.2, 0.25) is 5.91 Å². The molecule has 2 heterocycles. The number of amides is 2. The predicted octanol–water partition coefficient (Wildman–Crippen LogP) is 1.99. The van der Waals surface area contributed by atoms with E-state index >= 15 is 0 Å². The van der Waals surface area contributed by atoms with Gasteiger partial charge in [-0.15, -0.1) is 0 Å². The molecule has 0 aliphatic carbocycles. The zero-order valence-electron chi connectivity index (χ0n) is 16.4.